The number of rotatable bonds is 3. The molecule has 1 aliphatic carbocycles. The molecule has 0 bridgehead atoms. The number of carbonyl (C=O) groups is 1. The van der Waals surface area contributed by atoms with Crippen molar-refractivity contribution in [2.75, 3.05) is 12.3 Å². The molecule has 4 nitrogen and oxygen atoms in total. The first-order valence-electron chi connectivity index (χ1n) is 7.49. The molecule has 21 heavy (non-hydrogen) atoms. The Kier molecular flexibility index (Phi) is 4.09. The van der Waals surface area contributed by atoms with Gasteiger partial charge in [-0.3, -0.25) is 0 Å². The third kappa shape index (κ3) is 3.01. The minimum absolute atomic E-state index is 0.00691. The van der Waals surface area contributed by atoms with E-state index in [2.05, 4.69) is 0 Å². The van der Waals surface area contributed by atoms with Gasteiger partial charge in [0.2, 0.25) is 0 Å². The lowest BCUT2D eigenvalue weighted by Crippen LogP contribution is -2.27. The molecule has 1 aromatic carbocycles. The second kappa shape index (κ2) is 5.85. The highest BCUT2D eigenvalue weighted by atomic mass is 35.5. The highest BCUT2D eigenvalue weighted by Crippen LogP contribution is 2.43. The Labute approximate surface area is 129 Å². The Morgan fingerprint density at radius 3 is 2.90 bits per heavy atom. The maximum absolute atomic E-state index is 12.1. The zero-order valence-corrected chi connectivity index (χ0v) is 12.7. The van der Waals surface area contributed by atoms with Crippen molar-refractivity contribution in [2.45, 2.75) is 50.2 Å². The van der Waals surface area contributed by atoms with Crippen LogP contribution in [0.2, 0.25) is 5.02 Å². The van der Waals surface area contributed by atoms with Gasteiger partial charge in [0.1, 0.15) is 6.61 Å². The van der Waals surface area contributed by atoms with Gasteiger partial charge in [-0.2, -0.15) is 0 Å². The number of benzene rings is 1. The van der Waals surface area contributed by atoms with Crippen LogP contribution in [0.5, 0.6) is 0 Å². The summed E-state index contributed by atoms with van der Waals surface area (Å²) in [5, 5.41) is 0.367. The molecule has 2 aliphatic rings. The average Bonchev–Trinajstić information content (AvgIpc) is 3.10. The highest BCUT2D eigenvalue weighted by Gasteiger charge is 2.42. The topological polar surface area (TPSA) is 61.6 Å². The Morgan fingerprint density at radius 2 is 2.14 bits per heavy atom. The Bertz CT molecular complexity index is 540. The minimum atomic E-state index is -0.439. The molecule has 1 spiro atoms. The monoisotopic (exact) mass is 309 g/mol. The van der Waals surface area contributed by atoms with Crippen molar-refractivity contribution >= 4 is 23.3 Å². The molecule has 5 heteroatoms. The summed E-state index contributed by atoms with van der Waals surface area (Å²) in [5.41, 5.74) is 6.44. The molecule has 1 saturated heterocycles. The minimum Gasteiger partial charge on any atom is -0.459 e. The van der Waals surface area contributed by atoms with Gasteiger partial charge in [-0.05, 0) is 37.8 Å². The number of hydrogen-bond acceptors (Lipinski definition) is 4. The van der Waals surface area contributed by atoms with Crippen LogP contribution in [0.3, 0.4) is 0 Å². The second-order valence-corrected chi connectivity index (χ2v) is 6.38. The second-order valence-electron chi connectivity index (χ2n) is 5.97. The fraction of sp³-hybridized carbons (Fsp3) is 0.562. The SMILES string of the molecule is Nc1c(Cl)cccc1C(=O)OCC1CCC2(CCCC2)O1. The van der Waals surface area contributed by atoms with Crippen LogP contribution in [-0.2, 0) is 9.47 Å². The van der Waals surface area contributed by atoms with E-state index < -0.39 is 5.97 Å². The summed E-state index contributed by atoms with van der Waals surface area (Å²) < 4.78 is 11.5. The number of hydrogen-bond donors (Lipinski definition) is 1. The zero-order chi connectivity index (χ0) is 14.9. The third-order valence-corrected chi connectivity index (χ3v) is 4.86. The number of para-hydroxylation sites is 1. The van der Waals surface area contributed by atoms with Crippen LogP contribution < -0.4 is 5.73 Å². The van der Waals surface area contributed by atoms with Crippen molar-refractivity contribution in [3.63, 3.8) is 0 Å². The Hall–Kier alpha value is -1.26. The summed E-state index contributed by atoms with van der Waals surface area (Å²) in [7, 11) is 0. The van der Waals surface area contributed by atoms with Gasteiger partial charge in [0.05, 0.1) is 28.0 Å². The first-order valence-corrected chi connectivity index (χ1v) is 7.86. The van der Waals surface area contributed by atoms with Crippen LogP contribution in [0.15, 0.2) is 18.2 Å². The van der Waals surface area contributed by atoms with Crippen molar-refractivity contribution in [1.82, 2.24) is 0 Å². The van der Waals surface area contributed by atoms with Crippen molar-refractivity contribution in [1.29, 1.82) is 0 Å². The summed E-state index contributed by atoms with van der Waals surface area (Å²) in [6.07, 6.45) is 6.80. The summed E-state index contributed by atoms with van der Waals surface area (Å²) in [4.78, 5) is 12.1. The lowest BCUT2D eigenvalue weighted by Gasteiger charge is -2.23. The van der Waals surface area contributed by atoms with E-state index in [0.717, 1.165) is 25.7 Å². The van der Waals surface area contributed by atoms with E-state index in [-0.39, 0.29) is 24.0 Å². The summed E-state index contributed by atoms with van der Waals surface area (Å²) in [5.74, 6) is -0.439. The molecule has 3 rings (SSSR count). The van der Waals surface area contributed by atoms with Gasteiger partial charge in [-0.15, -0.1) is 0 Å². The zero-order valence-electron chi connectivity index (χ0n) is 11.9. The molecule has 1 saturated carbocycles. The number of carbonyl (C=O) groups excluding carboxylic acids is 1. The molecule has 2 N–H and O–H groups in total. The van der Waals surface area contributed by atoms with Gasteiger partial charge in [-0.25, -0.2) is 4.79 Å². The van der Waals surface area contributed by atoms with Crippen LogP contribution in [0, 0.1) is 0 Å². The van der Waals surface area contributed by atoms with Crippen molar-refractivity contribution in [3.05, 3.63) is 28.8 Å². The van der Waals surface area contributed by atoms with Gasteiger partial charge >= 0.3 is 5.97 Å². The molecule has 0 aromatic heterocycles. The molecule has 1 unspecified atom stereocenters. The molecule has 0 radical (unpaired) electrons. The van der Waals surface area contributed by atoms with E-state index in [1.807, 2.05) is 0 Å². The molecule has 1 heterocycles. The van der Waals surface area contributed by atoms with E-state index >= 15 is 0 Å². The van der Waals surface area contributed by atoms with Crippen molar-refractivity contribution < 1.29 is 14.3 Å². The number of esters is 1. The molecular formula is C16H20ClNO3. The van der Waals surface area contributed by atoms with Crippen LogP contribution in [-0.4, -0.2) is 24.3 Å². The lowest BCUT2D eigenvalue weighted by atomic mass is 9.98. The number of nitrogens with two attached hydrogens (primary N) is 1. The summed E-state index contributed by atoms with van der Waals surface area (Å²) in [6, 6.07) is 4.96. The van der Waals surface area contributed by atoms with Crippen molar-refractivity contribution in [2.24, 2.45) is 0 Å². The van der Waals surface area contributed by atoms with E-state index in [0.29, 0.717) is 10.6 Å². The first kappa shape index (κ1) is 14.7. The predicted molar refractivity (Wildman–Crippen MR) is 81.5 cm³/mol. The molecule has 1 aromatic rings. The van der Waals surface area contributed by atoms with Gasteiger partial charge < -0.3 is 15.2 Å². The molecule has 1 aliphatic heterocycles. The van der Waals surface area contributed by atoms with Gasteiger partial charge in [0, 0.05) is 0 Å². The number of halogens is 1. The fourth-order valence-electron chi connectivity index (χ4n) is 3.36. The standard InChI is InChI=1S/C16H20ClNO3/c17-13-5-3-4-12(14(13)18)15(19)20-10-11-6-9-16(21-11)7-1-2-8-16/h3-5,11H,1-2,6-10,18H2. The predicted octanol–water partition coefficient (Wildman–Crippen LogP) is 3.57. The highest BCUT2D eigenvalue weighted by molar-refractivity contribution is 6.33. The maximum atomic E-state index is 12.1. The maximum Gasteiger partial charge on any atom is 0.340 e. The van der Waals surface area contributed by atoms with E-state index in [1.54, 1.807) is 18.2 Å². The molecule has 1 atom stereocenters. The quantitative estimate of drug-likeness (QED) is 0.685. The average molecular weight is 310 g/mol. The van der Waals surface area contributed by atoms with Crippen LogP contribution in [0.1, 0.15) is 48.9 Å². The molecular weight excluding hydrogens is 290 g/mol. The number of anilines is 1. The molecule has 0 amide bonds. The van der Waals surface area contributed by atoms with E-state index in [1.165, 1.54) is 12.8 Å². The van der Waals surface area contributed by atoms with Crippen molar-refractivity contribution in [3.8, 4) is 0 Å². The van der Waals surface area contributed by atoms with Crippen LogP contribution in [0.4, 0.5) is 5.69 Å². The largest absolute Gasteiger partial charge is 0.459 e. The Balaban J connectivity index is 1.56. The molecule has 114 valence electrons. The number of nitrogen functional groups attached to an aromatic ring is 1. The van der Waals surface area contributed by atoms with Crippen LogP contribution in [0.25, 0.3) is 0 Å². The van der Waals surface area contributed by atoms with E-state index in [9.17, 15) is 4.79 Å². The fourth-order valence-corrected chi connectivity index (χ4v) is 3.54. The summed E-state index contributed by atoms with van der Waals surface area (Å²) >= 11 is 5.91. The van der Waals surface area contributed by atoms with Crippen LogP contribution >= 0.6 is 11.6 Å². The van der Waals surface area contributed by atoms with Gasteiger partial charge in [0.25, 0.3) is 0 Å². The van der Waals surface area contributed by atoms with Gasteiger partial charge in [-0.1, -0.05) is 30.5 Å². The first-order chi connectivity index (χ1) is 10.1. The smallest absolute Gasteiger partial charge is 0.340 e. The summed E-state index contributed by atoms with van der Waals surface area (Å²) in [6.45, 7) is 0.284. The Morgan fingerprint density at radius 1 is 1.38 bits per heavy atom. The molecule has 2 fully saturated rings. The normalized spacial score (nSPS) is 23.6. The van der Waals surface area contributed by atoms with Gasteiger partial charge in [0.15, 0.2) is 0 Å². The third-order valence-electron chi connectivity index (χ3n) is 4.53. The number of ether oxygens (including phenoxy) is 2. The lowest BCUT2D eigenvalue weighted by molar-refractivity contribution is -0.0597. The van der Waals surface area contributed by atoms with E-state index in [4.69, 9.17) is 26.8 Å².